The normalized spacial score (nSPS) is 13.1. The molecule has 2 aromatic heterocycles. The Bertz CT molecular complexity index is 1180. The van der Waals surface area contributed by atoms with Crippen LogP contribution in [0.25, 0.3) is 16.6 Å². The number of benzene rings is 2. The molecule has 0 bridgehead atoms. The van der Waals surface area contributed by atoms with E-state index in [-0.39, 0.29) is 6.61 Å². The predicted molar refractivity (Wildman–Crippen MR) is 105 cm³/mol. The van der Waals surface area contributed by atoms with Crippen LogP contribution in [0.2, 0.25) is 5.02 Å². The fraction of sp³-hybridized carbons (Fsp3) is 0.105. The number of hydrogen-bond donors (Lipinski definition) is 1. The van der Waals surface area contributed by atoms with Crippen molar-refractivity contribution in [3.63, 3.8) is 0 Å². The van der Waals surface area contributed by atoms with Gasteiger partial charge in [0.05, 0.1) is 24.0 Å². The van der Waals surface area contributed by atoms with Gasteiger partial charge in [0.1, 0.15) is 18.1 Å². The highest BCUT2D eigenvalue weighted by atomic mass is 35.5. The summed E-state index contributed by atoms with van der Waals surface area (Å²) in [5.74, 6) is 0.638. The molecule has 1 aliphatic rings. The summed E-state index contributed by atoms with van der Waals surface area (Å²) >= 11 is 6.13. The SMILES string of the molecule is OB1OCc2ccc(OCc3cn(-c4ccnc5ccc(Cl)cc45)nn3)cc21. The maximum atomic E-state index is 9.81. The van der Waals surface area contributed by atoms with Gasteiger partial charge in [-0.1, -0.05) is 22.9 Å². The molecule has 0 fully saturated rings. The zero-order valence-corrected chi connectivity index (χ0v) is 15.4. The van der Waals surface area contributed by atoms with Gasteiger partial charge in [0.2, 0.25) is 0 Å². The van der Waals surface area contributed by atoms with E-state index in [1.165, 1.54) is 0 Å². The first-order chi connectivity index (χ1) is 13.7. The van der Waals surface area contributed by atoms with Crippen LogP contribution in [0.3, 0.4) is 0 Å². The molecule has 5 rings (SSSR count). The lowest BCUT2D eigenvalue weighted by atomic mass is 9.79. The molecule has 0 spiro atoms. The number of rotatable bonds is 4. The molecule has 2 aromatic carbocycles. The summed E-state index contributed by atoms with van der Waals surface area (Å²) in [5.41, 5.74) is 4.04. The minimum absolute atomic E-state index is 0.250. The monoisotopic (exact) mass is 392 g/mol. The highest BCUT2D eigenvalue weighted by Gasteiger charge is 2.27. The van der Waals surface area contributed by atoms with Gasteiger partial charge in [-0.3, -0.25) is 4.98 Å². The third-order valence-corrected chi connectivity index (χ3v) is 4.87. The number of aromatic nitrogens is 4. The van der Waals surface area contributed by atoms with Gasteiger partial charge in [-0.15, -0.1) is 5.10 Å². The summed E-state index contributed by atoms with van der Waals surface area (Å²) in [6.45, 7) is 0.661. The smallest absolute Gasteiger partial charge is 0.487 e. The molecule has 4 aromatic rings. The summed E-state index contributed by atoms with van der Waals surface area (Å²) < 4.78 is 12.7. The fourth-order valence-corrected chi connectivity index (χ4v) is 3.40. The zero-order chi connectivity index (χ0) is 19.1. The van der Waals surface area contributed by atoms with Gasteiger partial charge < -0.3 is 14.4 Å². The second-order valence-electron chi connectivity index (χ2n) is 6.46. The molecule has 0 amide bonds. The van der Waals surface area contributed by atoms with Gasteiger partial charge in [-0.05, 0) is 47.4 Å². The highest BCUT2D eigenvalue weighted by molar-refractivity contribution is 6.61. The Morgan fingerprint density at radius 2 is 2.14 bits per heavy atom. The Labute approximate surface area is 165 Å². The molecule has 0 unspecified atom stereocenters. The number of fused-ring (bicyclic) bond motifs is 2. The molecule has 28 heavy (non-hydrogen) atoms. The van der Waals surface area contributed by atoms with Crippen LogP contribution in [0.1, 0.15) is 11.3 Å². The third kappa shape index (κ3) is 3.11. The molecule has 138 valence electrons. The number of pyridine rings is 1. The van der Waals surface area contributed by atoms with Gasteiger partial charge in [0, 0.05) is 16.6 Å². The van der Waals surface area contributed by atoms with Gasteiger partial charge >= 0.3 is 7.12 Å². The Morgan fingerprint density at radius 1 is 1.21 bits per heavy atom. The summed E-state index contributed by atoms with van der Waals surface area (Å²) in [6.07, 6.45) is 3.53. The van der Waals surface area contributed by atoms with Crippen LogP contribution in [-0.2, 0) is 17.9 Å². The number of ether oxygens (including phenoxy) is 1. The average molecular weight is 393 g/mol. The molecule has 1 N–H and O–H groups in total. The van der Waals surface area contributed by atoms with Crippen LogP contribution in [0.15, 0.2) is 54.9 Å². The first-order valence-electron chi connectivity index (χ1n) is 8.68. The van der Waals surface area contributed by atoms with E-state index >= 15 is 0 Å². The number of hydrogen-bond acceptors (Lipinski definition) is 6. The highest BCUT2D eigenvalue weighted by Crippen LogP contribution is 2.24. The lowest BCUT2D eigenvalue weighted by Crippen LogP contribution is -2.27. The quantitative estimate of drug-likeness (QED) is 0.537. The van der Waals surface area contributed by atoms with Crippen molar-refractivity contribution in [1.29, 1.82) is 0 Å². The minimum atomic E-state index is -0.897. The van der Waals surface area contributed by atoms with Crippen LogP contribution in [-0.4, -0.2) is 32.1 Å². The van der Waals surface area contributed by atoms with Crippen molar-refractivity contribution in [2.24, 2.45) is 0 Å². The first kappa shape index (κ1) is 17.2. The standard InChI is InChI=1S/C19H14BClN4O3/c21-13-2-4-18-16(7-13)19(5-6-22-18)25-9-14(23-24-25)11-27-15-3-1-12-10-28-20(26)17(12)8-15/h1-9,26H,10-11H2. The molecule has 0 atom stereocenters. The molecule has 9 heteroatoms. The lowest BCUT2D eigenvalue weighted by Gasteiger charge is -2.06. The first-order valence-corrected chi connectivity index (χ1v) is 9.06. The Balaban J connectivity index is 1.38. The van der Waals surface area contributed by atoms with Crippen molar-refractivity contribution in [2.75, 3.05) is 0 Å². The van der Waals surface area contributed by atoms with Crippen LogP contribution in [0, 0.1) is 0 Å². The van der Waals surface area contributed by atoms with E-state index in [0.29, 0.717) is 23.1 Å². The van der Waals surface area contributed by atoms with E-state index in [1.807, 2.05) is 30.3 Å². The van der Waals surface area contributed by atoms with Crippen LogP contribution < -0.4 is 10.2 Å². The lowest BCUT2D eigenvalue weighted by molar-refractivity contribution is 0.275. The van der Waals surface area contributed by atoms with Crippen molar-refractivity contribution < 1.29 is 14.4 Å². The van der Waals surface area contributed by atoms with E-state index in [0.717, 1.165) is 27.6 Å². The Kier molecular flexibility index (Phi) is 4.24. The Hall–Kier alpha value is -2.94. The van der Waals surface area contributed by atoms with E-state index in [9.17, 15) is 5.02 Å². The maximum Gasteiger partial charge on any atom is 0.491 e. The third-order valence-electron chi connectivity index (χ3n) is 4.64. The summed E-state index contributed by atoms with van der Waals surface area (Å²) in [5, 5.41) is 19.7. The van der Waals surface area contributed by atoms with Crippen molar-refractivity contribution in [2.45, 2.75) is 13.2 Å². The summed E-state index contributed by atoms with van der Waals surface area (Å²) in [4.78, 5) is 4.35. The largest absolute Gasteiger partial charge is 0.491 e. The Morgan fingerprint density at radius 3 is 3.07 bits per heavy atom. The zero-order valence-electron chi connectivity index (χ0n) is 14.6. The number of halogens is 1. The minimum Gasteiger partial charge on any atom is -0.487 e. The average Bonchev–Trinajstić information content (AvgIpc) is 3.33. The second kappa shape index (κ2) is 6.90. The van der Waals surface area contributed by atoms with Gasteiger partial charge in [0.15, 0.2) is 0 Å². The van der Waals surface area contributed by atoms with E-state index in [4.69, 9.17) is 21.0 Å². The summed E-state index contributed by atoms with van der Waals surface area (Å²) in [6, 6.07) is 12.9. The molecular formula is C19H14BClN4O3. The maximum absolute atomic E-state index is 9.81. The fourth-order valence-electron chi connectivity index (χ4n) is 3.23. The molecular weight excluding hydrogens is 378 g/mol. The second-order valence-corrected chi connectivity index (χ2v) is 6.90. The van der Waals surface area contributed by atoms with Crippen LogP contribution in [0.4, 0.5) is 0 Å². The topological polar surface area (TPSA) is 82.3 Å². The van der Waals surface area contributed by atoms with Gasteiger partial charge in [-0.2, -0.15) is 0 Å². The van der Waals surface area contributed by atoms with Crippen LogP contribution >= 0.6 is 11.6 Å². The van der Waals surface area contributed by atoms with Crippen molar-refractivity contribution in [3.05, 3.63) is 71.1 Å². The molecule has 0 aliphatic carbocycles. The molecule has 0 saturated heterocycles. The summed E-state index contributed by atoms with van der Waals surface area (Å²) in [7, 11) is -0.897. The van der Waals surface area contributed by atoms with Crippen molar-refractivity contribution in [3.8, 4) is 11.4 Å². The van der Waals surface area contributed by atoms with E-state index in [1.54, 1.807) is 29.2 Å². The van der Waals surface area contributed by atoms with E-state index in [2.05, 4.69) is 15.3 Å². The molecule has 0 saturated carbocycles. The molecule has 7 nitrogen and oxygen atoms in total. The molecule has 3 heterocycles. The van der Waals surface area contributed by atoms with Crippen molar-refractivity contribution in [1.82, 2.24) is 20.0 Å². The number of nitrogens with zero attached hydrogens (tertiary/aromatic N) is 4. The van der Waals surface area contributed by atoms with E-state index < -0.39 is 7.12 Å². The van der Waals surface area contributed by atoms with Crippen LogP contribution in [0.5, 0.6) is 5.75 Å². The molecule has 1 aliphatic heterocycles. The predicted octanol–water partition coefficient (Wildman–Crippen LogP) is 2.27. The van der Waals surface area contributed by atoms with Gasteiger partial charge in [-0.25, -0.2) is 4.68 Å². The molecule has 0 radical (unpaired) electrons. The van der Waals surface area contributed by atoms with Crippen molar-refractivity contribution >= 4 is 35.1 Å². The van der Waals surface area contributed by atoms with Gasteiger partial charge in [0.25, 0.3) is 0 Å².